The van der Waals surface area contributed by atoms with Crippen molar-refractivity contribution in [1.29, 1.82) is 0 Å². The van der Waals surface area contributed by atoms with Crippen molar-refractivity contribution in [2.24, 2.45) is 0 Å². The van der Waals surface area contributed by atoms with Crippen LogP contribution in [-0.2, 0) is 32.9 Å². The Balaban J connectivity index is 1.52. The largest absolute Gasteiger partial charge is 0.383 e. The number of piperidine rings is 1. The van der Waals surface area contributed by atoms with Gasteiger partial charge in [0, 0.05) is 39.2 Å². The van der Waals surface area contributed by atoms with Gasteiger partial charge in [0.1, 0.15) is 18.8 Å². The van der Waals surface area contributed by atoms with Gasteiger partial charge >= 0.3 is 0 Å². The summed E-state index contributed by atoms with van der Waals surface area (Å²) in [4.78, 5) is 15.9. The smallest absolute Gasteiger partial charge is 0.293 e. The molecule has 2 unspecified atom stereocenters. The first-order chi connectivity index (χ1) is 19.6. The van der Waals surface area contributed by atoms with Crippen molar-refractivity contribution in [1.82, 2.24) is 15.6 Å². The molecule has 41 heavy (non-hydrogen) atoms. The number of aliphatic hydroxyl groups is 1. The molecule has 0 aliphatic carbocycles. The van der Waals surface area contributed by atoms with Crippen LogP contribution in [0.2, 0.25) is 0 Å². The molecular weight excluding hydrogens is 528 g/mol. The molecule has 0 radical (unpaired) electrons. The summed E-state index contributed by atoms with van der Waals surface area (Å²) in [6.45, 7) is 3.93. The maximum Gasteiger partial charge on any atom is 0.293 e. The molecule has 0 saturated carbocycles. The fourth-order valence-corrected chi connectivity index (χ4v) is 5.51. The number of hydrogen-bond donors (Lipinski definition) is 3. The van der Waals surface area contributed by atoms with Crippen molar-refractivity contribution < 1.29 is 28.2 Å². The van der Waals surface area contributed by atoms with Gasteiger partial charge in [-0.05, 0) is 65.8 Å². The summed E-state index contributed by atoms with van der Waals surface area (Å²) in [6.07, 6.45) is 2.79. The average Bonchev–Trinajstić information content (AvgIpc) is 2.94. The molecule has 220 valence electrons. The molecule has 0 spiro atoms. The maximum atomic E-state index is 13.6. The number of methoxy groups -OCH3 is 1. The number of carbonyl (C=O) groups excluding carboxylic acids is 1. The molecule has 1 amide bonds. The van der Waals surface area contributed by atoms with E-state index in [0.29, 0.717) is 37.3 Å². The number of halogens is 2. The second-order valence-electron chi connectivity index (χ2n) is 10.7. The molecule has 3 aromatic rings. The monoisotopic (exact) mass is 567 g/mol. The predicted molar refractivity (Wildman–Crippen MR) is 154 cm³/mol. The number of pyridine rings is 1. The van der Waals surface area contributed by atoms with Gasteiger partial charge in [-0.25, -0.2) is 8.78 Å². The van der Waals surface area contributed by atoms with Crippen LogP contribution >= 0.6 is 0 Å². The number of alkyl halides is 2. The number of amides is 1. The van der Waals surface area contributed by atoms with Crippen LogP contribution in [0.25, 0.3) is 11.1 Å². The Bertz CT molecular complexity index is 1320. The summed E-state index contributed by atoms with van der Waals surface area (Å²) in [7, 11) is 1.22. The normalized spacial score (nSPS) is 19.2. The first kappa shape index (κ1) is 30.7. The molecule has 2 heterocycles. The summed E-state index contributed by atoms with van der Waals surface area (Å²) in [6, 6.07) is 18.0. The molecule has 7 nitrogen and oxygen atoms in total. The Labute approximate surface area is 240 Å². The maximum absolute atomic E-state index is 13.6. The SMILES string of the molecule is COCC(F)(F)COCc1ccc(C2(O)CCNCC2c2ccc(-c3ccccc3CCNC(C)=O)cc2C)nc1. The predicted octanol–water partition coefficient (Wildman–Crippen LogP) is 4.50. The van der Waals surface area contributed by atoms with Gasteiger partial charge in [0.2, 0.25) is 5.91 Å². The van der Waals surface area contributed by atoms with E-state index in [-0.39, 0.29) is 18.4 Å². The van der Waals surface area contributed by atoms with Crippen LogP contribution in [-0.4, -0.2) is 61.9 Å². The molecular formula is C32H39F2N3O4. The third kappa shape index (κ3) is 7.74. The highest BCUT2D eigenvalue weighted by Gasteiger charge is 2.43. The van der Waals surface area contributed by atoms with Crippen molar-refractivity contribution in [3.8, 4) is 11.1 Å². The summed E-state index contributed by atoms with van der Waals surface area (Å²) in [5.74, 6) is -3.33. The van der Waals surface area contributed by atoms with Crippen LogP contribution in [0.3, 0.4) is 0 Å². The number of aromatic nitrogens is 1. The second kappa shape index (κ2) is 13.6. The third-order valence-electron chi connectivity index (χ3n) is 7.56. The first-order valence-corrected chi connectivity index (χ1v) is 13.9. The fraction of sp³-hybridized carbons (Fsp3) is 0.438. The molecule has 0 bridgehead atoms. The van der Waals surface area contributed by atoms with Gasteiger partial charge in [-0.15, -0.1) is 0 Å². The highest BCUT2D eigenvalue weighted by Crippen LogP contribution is 2.42. The highest BCUT2D eigenvalue weighted by molar-refractivity contribution is 5.73. The van der Waals surface area contributed by atoms with Crippen molar-refractivity contribution in [2.75, 3.05) is 40.0 Å². The first-order valence-electron chi connectivity index (χ1n) is 13.9. The summed E-state index contributed by atoms with van der Waals surface area (Å²) < 4.78 is 36.9. The number of carbonyl (C=O) groups is 1. The molecule has 1 aliphatic rings. The van der Waals surface area contributed by atoms with Crippen molar-refractivity contribution >= 4 is 5.91 Å². The lowest BCUT2D eigenvalue weighted by Crippen LogP contribution is -2.47. The van der Waals surface area contributed by atoms with E-state index < -0.39 is 24.7 Å². The molecule has 1 fully saturated rings. The third-order valence-corrected chi connectivity index (χ3v) is 7.56. The zero-order chi connectivity index (χ0) is 29.5. The minimum absolute atomic E-state index is 0.0111. The molecule has 2 atom stereocenters. The molecule has 1 aromatic heterocycles. The van der Waals surface area contributed by atoms with Gasteiger partial charge < -0.3 is 25.2 Å². The minimum Gasteiger partial charge on any atom is -0.383 e. The van der Waals surface area contributed by atoms with E-state index in [1.807, 2.05) is 12.1 Å². The molecule has 3 N–H and O–H groups in total. The van der Waals surface area contributed by atoms with E-state index >= 15 is 0 Å². The van der Waals surface area contributed by atoms with E-state index in [4.69, 9.17) is 4.74 Å². The van der Waals surface area contributed by atoms with Gasteiger partial charge in [0.15, 0.2) is 0 Å². The van der Waals surface area contributed by atoms with E-state index in [1.165, 1.54) is 14.0 Å². The van der Waals surface area contributed by atoms with Crippen LogP contribution < -0.4 is 10.6 Å². The Morgan fingerprint density at radius 1 is 1.20 bits per heavy atom. The summed E-state index contributed by atoms with van der Waals surface area (Å²) in [5, 5.41) is 18.3. The number of benzene rings is 2. The topological polar surface area (TPSA) is 92.7 Å². The van der Waals surface area contributed by atoms with Gasteiger partial charge in [-0.2, -0.15) is 0 Å². The standard InChI is InChI=1S/C32H39F2N3O4/c1-22-16-26(28-7-5-4-6-25(28)12-14-36-23(2)38)9-10-27(22)29-18-35-15-13-32(29,39)30-11-8-24(17-37-30)19-41-21-31(33,34)20-40-3/h4-11,16-17,29,35,39H,12-15,18-21H2,1-3H3,(H,36,38). The Morgan fingerprint density at radius 2 is 2.00 bits per heavy atom. The van der Waals surface area contributed by atoms with Gasteiger partial charge in [0.25, 0.3) is 5.92 Å². The number of aryl methyl sites for hydroxylation is 1. The van der Waals surface area contributed by atoms with Crippen LogP contribution in [0.15, 0.2) is 60.8 Å². The zero-order valence-corrected chi connectivity index (χ0v) is 23.9. The van der Waals surface area contributed by atoms with Gasteiger partial charge in [-0.3, -0.25) is 9.78 Å². The van der Waals surface area contributed by atoms with Crippen LogP contribution in [0.5, 0.6) is 0 Å². The highest BCUT2D eigenvalue weighted by atomic mass is 19.3. The molecule has 1 aliphatic heterocycles. The van der Waals surface area contributed by atoms with Gasteiger partial charge in [-0.1, -0.05) is 48.5 Å². The minimum atomic E-state index is -3.05. The van der Waals surface area contributed by atoms with Gasteiger partial charge in [0.05, 0.1) is 12.3 Å². The lowest BCUT2D eigenvalue weighted by molar-refractivity contribution is -0.119. The Hall–Kier alpha value is -3.24. The number of rotatable bonds is 12. The quantitative estimate of drug-likeness (QED) is 0.299. The van der Waals surface area contributed by atoms with Crippen molar-refractivity contribution in [3.05, 3.63) is 88.7 Å². The molecule has 2 aromatic carbocycles. The van der Waals surface area contributed by atoms with E-state index in [0.717, 1.165) is 34.2 Å². The average molecular weight is 568 g/mol. The number of hydrogen-bond acceptors (Lipinski definition) is 6. The number of ether oxygens (including phenoxy) is 2. The lowest BCUT2D eigenvalue weighted by Gasteiger charge is -2.41. The van der Waals surface area contributed by atoms with E-state index in [2.05, 4.69) is 57.6 Å². The van der Waals surface area contributed by atoms with E-state index in [1.54, 1.807) is 18.3 Å². The summed E-state index contributed by atoms with van der Waals surface area (Å²) >= 11 is 0. The second-order valence-corrected chi connectivity index (χ2v) is 10.7. The molecule has 4 rings (SSSR count). The van der Waals surface area contributed by atoms with Crippen LogP contribution in [0.4, 0.5) is 8.78 Å². The number of nitrogens with zero attached hydrogens (tertiary/aromatic N) is 1. The van der Waals surface area contributed by atoms with Crippen LogP contribution in [0.1, 0.15) is 47.2 Å². The Kier molecular flexibility index (Phi) is 10.2. The number of nitrogens with one attached hydrogen (secondary N) is 2. The molecule has 1 saturated heterocycles. The Morgan fingerprint density at radius 3 is 2.71 bits per heavy atom. The summed E-state index contributed by atoms with van der Waals surface area (Å²) in [5.41, 5.74) is 5.44. The van der Waals surface area contributed by atoms with Crippen LogP contribution in [0, 0.1) is 6.92 Å². The lowest BCUT2D eigenvalue weighted by atomic mass is 9.73. The van der Waals surface area contributed by atoms with Crippen molar-refractivity contribution in [2.45, 2.75) is 50.7 Å². The zero-order valence-electron chi connectivity index (χ0n) is 23.9. The van der Waals surface area contributed by atoms with E-state index in [9.17, 15) is 18.7 Å². The molecule has 9 heteroatoms. The fourth-order valence-electron chi connectivity index (χ4n) is 5.51. The van der Waals surface area contributed by atoms with Crippen molar-refractivity contribution in [3.63, 3.8) is 0 Å².